The third-order valence-electron chi connectivity index (χ3n) is 6.44. The van der Waals surface area contributed by atoms with Gasteiger partial charge in [0.05, 0.1) is 37.6 Å². The molecule has 2 aliphatic heterocycles. The van der Waals surface area contributed by atoms with Crippen LogP contribution in [0.2, 0.25) is 0 Å². The Morgan fingerprint density at radius 1 is 1.08 bits per heavy atom. The molecule has 0 N–H and O–H groups in total. The first-order valence-corrected chi connectivity index (χ1v) is 11.9. The predicted molar refractivity (Wildman–Crippen MR) is 131 cm³/mol. The maximum atomic E-state index is 15.3. The molecule has 0 aliphatic carbocycles. The molecule has 1 amide bonds. The Morgan fingerprint density at radius 3 is 2.62 bits per heavy atom. The first-order valence-electron chi connectivity index (χ1n) is 11.9. The van der Waals surface area contributed by atoms with Gasteiger partial charge in [-0.15, -0.1) is 10.2 Å². The highest BCUT2D eigenvalue weighted by molar-refractivity contribution is 5.92. The zero-order chi connectivity index (χ0) is 25.9. The Hall–Kier alpha value is -4.28. The number of aromatic nitrogens is 5. The quantitative estimate of drug-likeness (QED) is 0.375. The summed E-state index contributed by atoms with van der Waals surface area (Å²) >= 11 is 0. The molecule has 5 heterocycles. The second kappa shape index (κ2) is 8.39. The molecule has 10 nitrogen and oxygen atoms in total. The van der Waals surface area contributed by atoms with Crippen LogP contribution < -0.4 is 14.4 Å². The second-order valence-corrected chi connectivity index (χ2v) is 10.1. The van der Waals surface area contributed by atoms with Gasteiger partial charge in [-0.3, -0.25) is 9.30 Å². The van der Waals surface area contributed by atoms with Crippen molar-refractivity contribution in [3.63, 3.8) is 0 Å². The van der Waals surface area contributed by atoms with E-state index >= 15 is 4.39 Å². The smallest absolute Gasteiger partial charge is 0.416 e. The number of hydrogen-bond donors (Lipinski definition) is 0. The molecule has 0 radical (unpaired) electrons. The lowest BCUT2D eigenvalue weighted by molar-refractivity contribution is 0.0574. The molecule has 0 saturated carbocycles. The highest BCUT2D eigenvalue weighted by Crippen LogP contribution is 2.44. The number of amides is 1. The van der Waals surface area contributed by atoms with E-state index in [0.29, 0.717) is 52.0 Å². The van der Waals surface area contributed by atoms with Crippen LogP contribution in [-0.4, -0.2) is 49.7 Å². The highest BCUT2D eigenvalue weighted by Gasteiger charge is 2.37. The van der Waals surface area contributed by atoms with Crippen molar-refractivity contribution in [2.24, 2.45) is 0 Å². The number of ether oxygens (including phenoxy) is 3. The average Bonchev–Trinajstić information content (AvgIpc) is 3.49. The summed E-state index contributed by atoms with van der Waals surface area (Å²) in [6, 6.07) is 6.62. The molecule has 1 aromatic carbocycles. The van der Waals surface area contributed by atoms with Gasteiger partial charge in [0.25, 0.3) is 0 Å². The van der Waals surface area contributed by atoms with Gasteiger partial charge in [-0.1, -0.05) is 0 Å². The molecular formula is C26H25FN6O4. The summed E-state index contributed by atoms with van der Waals surface area (Å²) in [5.41, 5.74) is 2.96. The fourth-order valence-electron chi connectivity index (χ4n) is 4.85. The number of nitrogens with zero attached hydrogens (tertiary/aromatic N) is 6. The molecule has 11 heteroatoms. The van der Waals surface area contributed by atoms with Crippen LogP contribution in [0.5, 0.6) is 11.5 Å². The number of halogens is 1. The van der Waals surface area contributed by atoms with Gasteiger partial charge in [0, 0.05) is 22.3 Å². The van der Waals surface area contributed by atoms with E-state index in [2.05, 4.69) is 20.4 Å². The van der Waals surface area contributed by atoms with Crippen molar-refractivity contribution in [1.82, 2.24) is 24.8 Å². The monoisotopic (exact) mass is 504 g/mol. The number of rotatable bonds is 1. The van der Waals surface area contributed by atoms with Crippen LogP contribution in [0.1, 0.15) is 43.5 Å². The highest BCUT2D eigenvalue weighted by atomic mass is 19.1. The van der Waals surface area contributed by atoms with Gasteiger partial charge in [-0.05, 0) is 52.0 Å². The van der Waals surface area contributed by atoms with Crippen molar-refractivity contribution in [3.05, 3.63) is 59.4 Å². The lowest BCUT2D eigenvalue weighted by atomic mass is 9.95. The number of fused-ring (bicyclic) bond motifs is 3. The second-order valence-electron chi connectivity index (χ2n) is 10.1. The molecule has 190 valence electrons. The molecular weight excluding hydrogens is 479 g/mol. The minimum absolute atomic E-state index is 0.0946. The Kier molecular flexibility index (Phi) is 5.25. The maximum Gasteiger partial charge on any atom is 0.416 e. The van der Waals surface area contributed by atoms with Crippen molar-refractivity contribution in [2.75, 3.05) is 18.1 Å². The number of carbonyl (C=O) groups is 1. The lowest BCUT2D eigenvalue weighted by Crippen LogP contribution is -2.38. The molecule has 3 aromatic heterocycles. The van der Waals surface area contributed by atoms with Crippen LogP contribution in [0, 0.1) is 12.7 Å². The zero-order valence-electron chi connectivity index (χ0n) is 20.9. The van der Waals surface area contributed by atoms with Gasteiger partial charge in [-0.2, -0.15) is 10.2 Å². The van der Waals surface area contributed by atoms with E-state index in [1.54, 1.807) is 37.4 Å². The largest absolute Gasteiger partial charge is 0.493 e. The van der Waals surface area contributed by atoms with E-state index < -0.39 is 17.5 Å². The molecule has 37 heavy (non-hydrogen) atoms. The van der Waals surface area contributed by atoms with Crippen molar-refractivity contribution in [3.8, 4) is 22.6 Å². The van der Waals surface area contributed by atoms with E-state index in [1.807, 2.05) is 19.1 Å². The minimum atomic E-state index is -0.786. The Balaban J connectivity index is 1.61. The van der Waals surface area contributed by atoms with Gasteiger partial charge >= 0.3 is 6.09 Å². The van der Waals surface area contributed by atoms with E-state index in [0.717, 1.165) is 5.56 Å². The van der Waals surface area contributed by atoms with E-state index in [4.69, 9.17) is 14.2 Å². The summed E-state index contributed by atoms with van der Waals surface area (Å²) in [6.07, 6.45) is 2.44. The van der Waals surface area contributed by atoms with E-state index in [9.17, 15) is 4.79 Å². The summed E-state index contributed by atoms with van der Waals surface area (Å²) in [5.74, 6) is 0.688. The van der Waals surface area contributed by atoms with Crippen LogP contribution in [-0.2, 0) is 11.3 Å². The molecule has 0 spiro atoms. The molecule has 1 unspecified atom stereocenters. The summed E-state index contributed by atoms with van der Waals surface area (Å²) in [6.45, 7) is 7.66. The molecule has 1 atom stereocenters. The minimum Gasteiger partial charge on any atom is -0.493 e. The summed E-state index contributed by atoms with van der Waals surface area (Å²) in [7, 11) is 0. The number of aryl methyl sites for hydroxylation is 1. The topological polar surface area (TPSA) is 104 Å². The molecule has 2 aliphatic rings. The molecule has 0 fully saturated rings. The van der Waals surface area contributed by atoms with Crippen LogP contribution in [0.3, 0.4) is 0 Å². The normalized spacial score (nSPS) is 16.7. The van der Waals surface area contributed by atoms with Gasteiger partial charge in [0.2, 0.25) is 0 Å². The Morgan fingerprint density at radius 2 is 1.86 bits per heavy atom. The van der Waals surface area contributed by atoms with Crippen LogP contribution in [0.15, 0.2) is 36.8 Å². The van der Waals surface area contributed by atoms with Crippen molar-refractivity contribution >= 4 is 17.6 Å². The predicted octanol–water partition coefficient (Wildman–Crippen LogP) is 4.44. The van der Waals surface area contributed by atoms with Crippen molar-refractivity contribution in [1.29, 1.82) is 0 Å². The molecule has 0 bridgehead atoms. The fraction of sp³-hybridized carbons (Fsp3) is 0.346. The van der Waals surface area contributed by atoms with Crippen LogP contribution in [0.4, 0.5) is 15.0 Å². The van der Waals surface area contributed by atoms with Gasteiger partial charge in [0.1, 0.15) is 23.5 Å². The number of benzene rings is 1. The van der Waals surface area contributed by atoms with E-state index in [1.165, 1.54) is 17.3 Å². The molecule has 4 aromatic rings. The van der Waals surface area contributed by atoms with Crippen LogP contribution >= 0.6 is 0 Å². The maximum absolute atomic E-state index is 15.3. The zero-order valence-corrected chi connectivity index (χ0v) is 20.9. The molecule has 0 saturated heterocycles. The summed E-state index contributed by atoms with van der Waals surface area (Å²) in [5, 5.41) is 16.6. The van der Waals surface area contributed by atoms with Gasteiger partial charge in [-0.25, -0.2) is 9.18 Å². The first kappa shape index (κ1) is 23.1. The molecule has 6 rings (SSSR count). The van der Waals surface area contributed by atoms with Crippen molar-refractivity contribution in [2.45, 2.75) is 45.8 Å². The van der Waals surface area contributed by atoms with Gasteiger partial charge < -0.3 is 14.2 Å². The first-order chi connectivity index (χ1) is 17.7. The number of carbonyl (C=O) groups excluding carboxylic acids is 1. The number of pyridine rings is 1. The van der Waals surface area contributed by atoms with Gasteiger partial charge in [0.15, 0.2) is 17.2 Å². The SMILES string of the molecule is Cc1nnccc1-c1cc2c(n3cnnc13)N(C(=O)OC(C)(C)C)Cc1c(F)ccc3c1C(CO3)CO2. The van der Waals surface area contributed by atoms with E-state index in [-0.39, 0.29) is 19.1 Å². The lowest BCUT2D eigenvalue weighted by Gasteiger charge is -2.29. The van der Waals surface area contributed by atoms with Crippen molar-refractivity contribution < 1.29 is 23.4 Å². The van der Waals surface area contributed by atoms with Crippen LogP contribution in [0.25, 0.3) is 16.8 Å². The third kappa shape index (κ3) is 3.90. The third-order valence-corrected chi connectivity index (χ3v) is 6.44. The standard InChI is InChI=1S/C26H25FN6O4/c1-14-16(7-8-28-30-14)17-9-21-24(33-13-29-31-23(17)33)32(25(34)37-26(2,3)4)10-18-19(27)5-6-20-22(18)15(11-35-20)12-36-21/h5-9,13,15H,10-12H2,1-4H3. The number of hydrogen-bond acceptors (Lipinski definition) is 8. The fourth-order valence-corrected chi connectivity index (χ4v) is 4.85. The Bertz CT molecular complexity index is 1550. The Labute approximate surface area is 212 Å². The summed E-state index contributed by atoms with van der Waals surface area (Å²) < 4.78 is 34.9. The summed E-state index contributed by atoms with van der Waals surface area (Å²) in [4.78, 5) is 15.0. The number of anilines is 1. The average molecular weight is 505 g/mol.